The Morgan fingerprint density at radius 2 is 1.87 bits per heavy atom. The number of hydrogen-bond donors (Lipinski definition) is 0. The number of fused-ring (bicyclic) bond motifs is 1. The highest BCUT2D eigenvalue weighted by Crippen LogP contribution is 2.32. The zero-order valence-corrected chi connectivity index (χ0v) is 9.86. The zero-order valence-electron chi connectivity index (χ0n) is 7.59. The van der Waals surface area contributed by atoms with Crippen molar-refractivity contribution in [2.24, 2.45) is 0 Å². The Balaban J connectivity index is 2.89. The summed E-state index contributed by atoms with van der Waals surface area (Å²) in [5.41, 5.74) is 0.548. The first-order valence-corrected chi connectivity index (χ1v) is 5.11. The minimum Gasteiger partial charge on any atom is -0.494 e. The second-order valence-electron chi connectivity index (χ2n) is 2.79. The lowest BCUT2D eigenvalue weighted by molar-refractivity contribution is 0.419. The van der Waals surface area contributed by atoms with Gasteiger partial charge in [0.05, 0.1) is 7.11 Å². The summed E-state index contributed by atoms with van der Waals surface area (Å²) in [4.78, 5) is 7.86. The molecule has 0 radical (unpaired) electrons. The van der Waals surface area contributed by atoms with Crippen LogP contribution >= 0.6 is 34.8 Å². The molecule has 0 amide bonds. The molecule has 6 heteroatoms. The first-order chi connectivity index (χ1) is 7.11. The van der Waals surface area contributed by atoms with Gasteiger partial charge in [-0.05, 0) is 17.7 Å². The van der Waals surface area contributed by atoms with Crippen molar-refractivity contribution in [3.05, 3.63) is 27.6 Å². The van der Waals surface area contributed by atoms with Gasteiger partial charge in [0.25, 0.3) is 0 Å². The van der Waals surface area contributed by atoms with E-state index in [0.29, 0.717) is 21.7 Å². The molecular weight excluding hydrogens is 258 g/mol. The Kier molecular flexibility index (Phi) is 2.87. The summed E-state index contributed by atoms with van der Waals surface area (Å²) < 4.78 is 5.13. The Labute approximate surface area is 101 Å². The molecule has 2 aromatic rings. The largest absolute Gasteiger partial charge is 0.494 e. The van der Waals surface area contributed by atoms with E-state index in [0.717, 1.165) is 0 Å². The number of methoxy groups -OCH3 is 1. The van der Waals surface area contributed by atoms with Crippen LogP contribution in [0.5, 0.6) is 5.75 Å². The van der Waals surface area contributed by atoms with Crippen LogP contribution in [0, 0.1) is 0 Å². The summed E-state index contributed by atoms with van der Waals surface area (Å²) in [6, 6.07) is 3.31. The van der Waals surface area contributed by atoms with Gasteiger partial charge in [-0.2, -0.15) is 0 Å². The minimum atomic E-state index is 0.0770. The highest BCUT2D eigenvalue weighted by Gasteiger charge is 2.10. The minimum absolute atomic E-state index is 0.0770. The van der Waals surface area contributed by atoms with Crippen LogP contribution in [0.2, 0.25) is 15.5 Å². The lowest BCUT2D eigenvalue weighted by Gasteiger charge is -2.06. The third kappa shape index (κ3) is 1.95. The van der Waals surface area contributed by atoms with Crippen LogP contribution in [0.4, 0.5) is 0 Å². The molecule has 0 unspecified atom stereocenters. The van der Waals surface area contributed by atoms with Crippen molar-refractivity contribution in [2.45, 2.75) is 0 Å². The number of aromatic nitrogens is 2. The molecule has 3 nitrogen and oxygen atoms in total. The second kappa shape index (κ2) is 4.00. The van der Waals surface area contributed by atoms with Gasteiger partial charge < -0.3 is 4.74 Å². The number of nitrogens with zero attached hydrogens (tertiary/aromatic N) is 2. The van der Waals surface area contributed by atoms with Gasteiger partial charge in [-0.15, -0.1) is 0 Å². The molecule has 0 saturated heterocycles. The van der Waals surface area contributed by atoms with Gasteiger partial charge in [0.15, 0.2) is 0 Å². The molecule has 0 saturated carbocycles. The van der Waals surface area contributed by atoms with E-state index >= 15 is 0 Å². The van der Waals surface area contributed by atoms with Crippen molar-refractivity contribution >= 4 is 45.7 Å². The summed E-state index contributed by atoms with van der Waals surface area (Å²) in [6.07, 6.45) is 0. The first kappa shape index (κ1) is 10.7. The van der Waals surface area contributed by atoms with E-state index in [1.165, 1.54) is 7.11 Å². The zero-order chi connectivity index (χ0) is 11.0. The highest BCUT2D eigenvalue weighted by atomic mass is 35.5. The summed E-state index contributed by atoms with van der Waals surface area (Å²) in [5.74, 6) is 0.517. The van der Waals surface area contributed by atoms with Crippen molar-refractivity contribution in [1.82, 2.24) is 9.97 Å². The van der Waals surface area contributed by atoms with Crippen LogP contribution in [-0.2, 0) is 0 Å². The standard InChI is InChI=1S/C9H5Cl3N2O/c1-15-6-3-4(10)2-5-7(6)13-9(12)14-8(5)11/h2-3H,1H3. The molecule has 78 valence electrons. The molecule has 0 aliphatic rings. The second-order valence-corrected chi connectivity index (χ2v) is 3.92. The molecule has 1 heterocycles. The lowest BCUT2D eigenvalue weighted by atomic mass is 10.2. The topological polar surface area (TPSA) is 35.0 Å². The van der Waals surface area contributed by atoms with Crippen LogP contribution < -0.4 is 4.74 Å². The highest BCUT2D eigenvalue weighted by molar-refractivity contribution is 6.37. The summed E-state index contributed by atoms with van der Waals surface area (Å²) >= 11 is 17.5. The van der Waals surface area contributed by atoms with Crippen LogP contribution in [0.3, 0.4) is 0 Å². The molecule has 0 spiro atoms. The maximum Gasteiger partial charge on any atom is 0.224 e. The van der Waals surface area contributed by atoms with E-state index in [1.54, 1.807) is 12.1 Å². The molecule has 2 rings (SSSR count). The van der Waals surface area contributed by atoms with E-state index < -0.39 is 0 Å². The quantitative estimate of drug-likeness (QED) is 0.582. The number of ether oxygens (including phenoxy) is 1. The Hall–Kier alpha value is -0.770. The van der Waals surface area contributed by atoms with Gasteiger partial charge in [-0.3, -0.25) is 0 Å². The maximum absolute atomic E-state index is 5.91. The average Bonchev–Trinajstić information content (AvgIpc) is 2.18. The average molecular weight is 264 g/mol. The number of benzene rings is 1. The summed E-state index contributed by atoms with van der Waals surface area (Å²) in [7, 11) is 1.52. The molecule has 0 atom stereocenters. The fraction of sp³-hybridized carbons (Fsp3) is 0.111. The lowest BCUT2D eigenvalue weighted by Crippen LogP contribution is -1.91. The van der Waals surface area contributed by atoms with Crippen LogP contribution in [0.15, 0.2) is 12.1 Å². The number of halogens is 3. The maximum atomic E-state index is 5.91. The van der Waals surface area contributed by atoms with Crippen LogP contribution in [0.1, 0.15) is 0 Å². The van der Waals surface area contributed by atoms with Gasteiger partial charge in [0, 0.05) is 16.5 Å². The monoisotopic (exact) mass is 262 g/mol. The summed E-state index contributed by atoms with van der Waals surface area (Å²) in [6.45, 7) is 0. The first-order valence-electron chi connectivity index (χ1n) is 3.98. The fourth-order valence-electron chi connectivity index (χ4n) is 1.26. The van der Waals surface area contributed by atoms with Gasteiger partial charge in [-0.1, -0.05) is 23.2 Å². The third-order valence-corrected chi connectivity index (χ3v) is 2.55. The van der Waals surface area contributed by atoms with E-state index in [9.17, 15) is 0 Å². The van der Waals surface area contributed by atoms with Gasteiger partial charge in [-0.25, -0.2) is 9.97 Å². The Morgan fingerprint density at radius 1 is 1.13 bits per heavy atom. The molecule has 0 N–H and O–H groups in total. The van der Waals surface area contributed by atoms with E-state index in [1.807, 2.05) is 0 Å². The van der Waals surface area contributed by atoms with Crippen molar-refractivity contribution in [1.29, 1.82) is 0 Å². The summed E-state index contributed by atoms with van der Waals surface area (Å²) in [5, 5.41) is 1.46. The number of rotatable bonds is 1. The Bertz CT molecular complexity index is 530. The van der Waals surface area contributed by atoms with Gasteiger partial charge in [0.1, 0.15) is 16.4 Å². The van der Waals surface area contributed by atoms with Gasteiger partial charge in [0.2, 0.25) is 5.28 Å². The molecule has 1 aromatic heterocycles. The Morgan fingerprint density at radius 3 is 2.53 bits per heavy atom. The SMILES string of the molecule is COc1cc(Cl)cc2c(Cl)nc(Cl)nc12. The van der Waals surface area contributed by atoms with Crippen LogP contribution in [-0.4, -0.2) is 17.1 Å². The normalized spacial score (nSPS) is 10.7. The molecule has 1 aromatic carbocycles. The molecule has 0 aliphatic heterocycles. The molecule has 0 aliphatic carbocycles. The third-order valence-electron chi connectivity index (χ3n) is 1.88. The van der Waals surface area contributed by atoms with E-state index in [4.69, 9.17) is 39.5 Å². The van der Waals surface area contributed by atoms with E-state index in [-0.39, 0.29) is 10.4 Å². The van der Waals surface area contributed by atoms with Crippen molar-refractivity contribution < 1.29 is 4.74 Å². The predicted octanol–water partition coefficient (Wildman–Crippen LogP) is 3.60. The fourth-order valence-corrected chi connectivity index (χ4v) is 1.91. The smallest absolute Gasteiger partial charge is 0.224 e. The molecule has 15 heavy (non-hydrogen) atoms. The molecule has 0 fully saturated rings. The van der Waals surface area contributed by atoms with Crippen molar-refractivity contribution in [3.63, 3.8) is 0 Å². The van der Waals surface area contributed by atoms with Crippen LogP contribution in [0.25, 0.3) is 10.9 Å². The van der Waals surface area contributed by atoms with Crippen molar-refractivity contribution in [2.75, 3.05) is 7.11 Å². The number of hydrogen-bond acceptors (Lipinski definition) is 3. The van der Waals surface area contributed by atoms with Gasteiger partial charge >= 0.3 is 0 Å². The van der Waals surface area contributed by atoms with Crippen molar-refractivity contribution in [3.8, 4) is 5.75 Å². The molecule has 0 bridgehead atoms. The molecular formula is C9H5Cl3N2O. The predicted molar refractivity (Wildman–Crippen MR) is 61.1 cm³/mol. The van der Waals surface area contributed by atoms with E-state index in [2.05, 4.69) is 9.97 Å².